The first-order chi connectivity index (χ1) is 13.3. The molecule has 0 heterocycles. The molecule has 2 rings (SSSR count). The summed E-state index contributed by atoms with van der Waals surface area (Å²) in [5, 5.41) is 9.20. The molecule has 1 atom stereocenters. The lowest BCUT2D eigenvalue weighted by molar-refractivity contribution is -0.274. The zero-order valence-electron chi connectivity index (χ0n) is 14.6. The lowest BCUT2D eigenvalue weighted by atomic mass is 10.1. The summed E-state index contributed by atoms with van der Waals surface area (Å²) in [6.45, 7) is 0.127. The summed E-state index contributed by atoms with van der Waals surface area (Å²) in [5.74, 6) is 1.03. The van der Waals surface area contributed by atoms with Crippen LogP contribution in [0.5, 0.6) is 11.5 Å². The third kappa shape index (κ3) is 6.85. The molecule has 0 amide bonds. The van der Waals surface area contributed by atoms with Gasteiger partial charge in [-0.2, -0.15) is 0 Å². The van der Waals surface area contributed by atoms with Gasteiger partial charge in [-0.15, -0.1) is 25.5 Å². The minimum absolute atomic E-state index is 0.127. The van der Waals surface area contributed by atoms with Crippen molar-refractivity contribution < 1.29 is 37.3 Å². The summed E-state index contributed by atoms with van der Waals surface area (Å²) in [4.78, 5) is 11.3. The Bertz CT molecular complexity index is 825. The van der Waals surface area contributed by atoms with E-state index in [0.29, 0.717) is 24.0 Å². The third-order valence-corrected chi connectivity index (χ3v) is 3.43. The first-order valence-corrected chi connectivity index (χ1v) is 8.19. The summed E-state index contributed by atoms with van der Waals surface area (Å²) in [7, 11) is 0. The van der Waals surface area contributed by atoms with Crippen molar-refractivity contribution in [1.29, 1.82) is 0 Å². The monoisotopic (exact) mass is 394 g/mol. The lowest BCUT2D eigenvalue weighted by Crippen LogP contribution is -2.30. The van der Waals surface area contributed by atoms with E-state index in [2.05, 4.69) is 10.7 Å². The van der Waals surface area contributed by atoms with E-state index in [9.17, 15) is 23.1 Å². The van der Waals surface area contributed by atoms with E-state index < -0.39 is 18.6 Å². The van der Waals surface area contributed by atoms with E-state index >= 15 is 0 Å². The quantitative estimate of drug-likeness (QED) is 0.386. The van der Waals surface area contributed by atoms with E-state index in [-0.39, 0.29) is 18.1 Å². The van der Waals surface area contributed by atoms with E-state index in [1.54, 1.807) is 24.3 Å². The molecule has 0 aliphatic heterocycles. The summed E-state index contributed by atoms with van der Waals surface area (Å²) >= 11 is 0. The van der Waals surface area contributed by atoms with Gasteiger partial charge in [0.05, 0.1) is 6.61 Å². The fourth-order valence-corrected chi connectivity index (χ4v) is 2.24. The van der Waals surface area contributed by atoms with Crippen molar-refractivity contribution in [2.24, 2.45) is 0 Å². The van der Waals surface area contributed by atoms with Crippen molar-refractivity contribution in [3.63, 3.8) is 0 Å². The Balaban J connectivity index is 2.08. The number of halogens is 3. The molecule has 0 aromatic heterocycles. The number of hydrogen-bond acceptors (Lipinski definition) is 4. The molecular weight excluding hydrogens is 377 g/mol. The van der Waals surface area contributed by atoms with Crippen molar-refractivity contribution in [2.75, 3.05) is 6.61 Å². The summed E-state index contributed by atoms with van der Waals surface area (Å²) in [6, 6.07) is 11.7. The van der Waals surface area contributed by atoms with Crippen LogP contribution in [0.25, 0.3) is 11.1 Å². The molecule has 148 valence electrons. The van der Waals surface area contributed by atoms with Gasteiger partial charge in [-0.1, -0.05) is 24.3 Å². The van der Waals surface area contributed by atoms with Gasteiger partial charge >= 0.3 is 12.3 Å². The topological polar surface area (TPSA) is 65.0 Å². The Labute approximate surface area is 159 Å². The number of terminal acetylenes is 1. The summed E-state index contributed by atoms with van der Waals surface area (Å²) in [5.41, 5.74) is 1.22. The highest BCUT2D eigenvalue weighted by Crippen LogP contribution is 2.28. The number of ether oxygens (including phenoxy) is 3. The van der Waals surface area contributed by atoms with Gasteiger partial charge in [0.1, 0.15) is 11.5 Å². The Hall–Kier alpha value is -3.18. The molecule has 0 fully saturated rings. The molecule has 2 aromatic rings. The molecule has 1 unspecified atom stereocenters. The van der Waals surface area contributed by atoms with Gasteiger partial charge in [-0.3, -0.25) is 0 Å². The van der Waals surface area contributed by atoms with Crippen LogP contribution in [0, 0.1) is 12.3 Å². The maximum absolute atomic E-state index is 12.2. The van der Waals surface area contributed by atoms with Crippen LogP contribution < -0.4 is 9.47 Å². The second-order valence-electron chi connectivity index (χ2n) is 5.57. The number of benzene rings is 2. The van der Waals surface area contributed by atoms with Crippen LogP contribution in [0.2, 0.25) is 0 Å². The number of carboxylic acid groups (broad SMARTS) is 1. The Kier molecular flexibility index (Phi) is 7.29. The van der Waals surface area contributed by atoms with Crippen molar-refractivity contribution in [1.82, 2.24) is 0 Å². The van der Waals surface area contributed by atoms with Gasteiger partial charge in [0, 0.05) is 6.42 Å². The van der Waals surface area contributed by atoms with Gasteiger partial charge in [0.25, 0.3) is 6.29 Å². The van der Waals surface area contributed by atoms with Crippen molar-refractivity contribution in [3.05, 3.63) is 48.5 Å². The predicted octanol–water partition coefficient (Wildman–Crippen LogP) is 4.47. The standard InChI is InChI=1S/C20H17F3O5/c1-2-3-4-12-26-19(18(24)25)27-17-7-5-6-15(13-17)14-8-10-16(11-9-14)28-20(21,22)23/h1,5-11,13,19H,3-4,12H2,(H,24,25). The number of rotatable bonds is 9. The second-order valence-corrected chi connectivity index (χ2v) is 5.57. The Morgan fingerprint density at radius 3 is 2.43 bits per heavy atom. The number of alkyl halides is 3. The maximum atomic E-state index is 12.2. The summed E-state index contributed by atoms with van der Waals surface area (Å²) in [6.07, 6.45) is -0.193. The number of carboxylic acids is 1. The van der Waals surface area contributed by atoms with E-state index in [4.69, 9.17) is 15.9 Å². The van der Waals surface area contributed by atoms with E-state index in [0.717, 1.165) is 0 Å². The average molecular weight is 394 g/mol. The first kappa shape index (κ1) is 21.1. The molecule has 0 aliphatic rings. The highest BCUT2D eigenvalue weighted by Gasteiger charge is 2.31. The molecular formula is C20H17F3O5. The molecule has 2 aromatic carbocycles. The van der Waals surface area contributed by atoms with Gasteiger partial charge in [-0.25, -0.2) is 4.79 Å². The molecule has 0 saturated heterocycles. The fourth-order valence-electron chi connectivity index (χ4n) is 2.24. The maximum Gasteiger partial charge on any atom is 0.573 e. The molecule has 28 heavy (non-hydrogen) atoms. The van der Waals surface area contributed by atoms with Crippen LogP contribution in [-0.4, -0.2) is 30.3 Å². The zero-order valence-corrected chi connectivity index (χ0v) is 14.6. The van der Waals surface area contributed by atoms with Crippen LogP contribution in [0.15, 0.2) is 48.5 Å². The molecule has 0 bridgehead atoms. The molecule has 0 aliphatic carbocycles. The van der Waals surface area contributed by atoms with Crippen molar-refractivity contribution in [2.45, 2.75) is 25.5 Å². The van der Waals surface area contributed by atoms with E-state index in [1.165, 1.54) is 24.3 Å². The number of hydrogen-bond donors (Lipinski definition) is 1. The Morgan fingerprint density at radius 2 is 1.82 bits per heavy atom. The van der Waals surface area contributed by atoms with Crippen LogP contribution in [0.3, 0.4) is 0 Å². The van der Waals surface area contributed by atoms with Crippen molar-refractivity contribution >= 4 is 5.97 Å². The first-order valence-electron chi connectivity index (χ1n) is 8.19. The fraction of sp³-hybridized carbons (Fsp3) is 0.250. The Morgan fingerprint density at radius 1 is 1.11 bits per heavy atom. The van der Waals surface area contributed by atoms with Gasteiger partial charge in [-0.05, 0) is 41.8 Å². The predicted molar refractivity (Wildman–Crippen MR) is 94.6 cm³/mol. The normalized spacial score (nSPS) is 12.1. The van der Waals surface area contributed by atoms with Crippen LogP contribution in [0.1, 0.15) is 12.8 Å². The number of aliphatic carboxylic acids is 1. The molecule has 0 spiro atoms. The van der Waals surface area contributed by atoms with Crippen LogP contribution in [0.4, 0.5) is 13.2 Å². The molecule has 5 nitrogen and oxygen atoms in total. The second kappa shape index (κ2) is 9.67. The smallest absolute Gasteiger partial charge is 0.477 e. The van der Waals surface area contributed by atoms with E-state index in [1.807, 2.05) is 0 Å². The molecule has 0 radical (unpaired) electrons. The zero-order chi connectivity index (χ0) is 20.6. The van der Waals surface area contributed by atoms with Gasteiger partial charge < -0.3 is 19.3 Å². The summed E-state index contributed by atoms with van der Waals surface area (Å²) < 4.78 is 51.1. The minimum Gasteiger partial charge on any atom is -0.477 e. The van der Waals surface area contributed by atoms with Crippen LogP contribution in [-0.2, 0) is 9.53 Å². The van der Waals surface area contributed by atoms with Gasteiger partial charge in [0.15, 0.2) is 0 Å². The number of unbranched alkanes of at least 4 members (excludes halogenated alkanes) is 1. The SMILES string of the molecule is C#CCCCOC(Oc1cccc(-c2ccc(OC(F)(F)F)cc2)c1)C(=O)O. The highest BCUT2D eigenvalue weighted by atomic mass is 19.4. The van der Waals surface area contributed by atoms with Gasteiger partial charge in [0.2, 0.25) is 0 Å². The molecule has 0 saturated carbocycles. The lowest BCUT2D eigenvalue weighted by Gasteiger charge is -2.16. The largest absolute Gasteiger partial charge is 0.573 e. The minimum atomic E-state index is -4.76. The third-order valence-electron chi connectivity index (χ3n) is 3.43. The highest BCUT2D eigenvalue weighted by molar-refractivity contribution is 5.71. The molecule has 1 N–H and O–H groups in total. The average Bonchev–Trinajstić information content (AvgIpc) is 2.63. The molecule has 8 heteroatoms. The van der Waals surface area contributed by atoms with Crippen LogP contribution >= 0.6 is 0 Å². The number of carbonyl (C=O) groups is 1. The van der Waals surface area contributed by atoms with Crippen molar-refractivity contribution in [3.8, 4) is 35.0 Å².